The second-order valence-corrected chi connectivity index (χ2v) is 9.89. The van der Waals surface area contributed by atoms with E-state index in [1.807, 2.05) is 26.4 Å². The summed E-state index contributed by atoms with van der Waals surface area (Å²) in [7, 11) is -1.66. The van der Waals surface area contributed by atoms with Crippen LogP contribution >= 0.6 is 11.9 Å². The Morgan fingerprint density at radius 2 is 1.90 bits per heavy atom. The molecule has 10 nitrogen and oxygen atoms in total. The van der Waals surface area contributed by atoms with Gasteiger partial charge in [-0.15, -0.1) is 0 Å². The molecule has 1 saturated heterocycles. The molecule has 1 fully saturated rings. The van der Waals surface area contributed by atoms with Crippen molar-refractivity contribution in [3.8, 4) is 11.3 Å². The number of hydrogen-bond acceptors (Lipinski definition) is 8. The maximum absolute atomic E-state index is 12.8. The van der Waals surface area contributed by atoms with Crippen LogP contribution in [0.2, 0.25) is 0 Å². The van der Waals surface area contributed by atoms with Crippen LogP contribution in [-0.4, -0.2) is 67.0 Å². The molecule has 0 spiro atoms. The van der Waals surface area contributed by atoms with Gasteiger partial charge in [0.05, 0.1) is 24.3 Å². The van der Waals surface area contributed by atoms with Gasteiger partial charge in [-0.25, -0.2) is 22.5 Å². The fourth-order valence-corrected chi connectivity index (χ4v) is 5.27. The molecule has 3 aromatic rings. The molecule has 0 aliphatic carbocycles. The summed E-state index contributed by atoms with van der Waals surface area (Å²) in [6, 6.07) is 0.106. The summed E-state index contributed by atoms with van der Waals surface area (Å²) in [6.07, 6.45) is 11.6. The molecule has 3 aromatic heterocycles. The highest BCUT2D eigenvalue weighted by atomic mass is 32.2. The van der Waals surface area contributed by atoms with E-state index in [9.17, 15) is 8.42 Å². The summed E-state index contributed by atoms with van der Waals surface area (Å²) in [6.45, 7) is 2.84. The van der Waals surface area contributed by atoms with Gasteiger partial charge in [0.2, 0.25) is 16.0 Å². The van der Waals surface area contributed by atoms with E-state index in [2.05, 4.69) is 25.5 Å². The quantitative estimate of drug-likeness (QED) is 0.607. The number of sulfonamides is 1. The predicted octanol–water partition coefficient (Wildman–Crippen LogP) is 1.77. The summed E-state index contributed by atoms with van der Waals surface area (Å²) in [4.78, 5) is 9.28. The topological polar surface area (TPSA) is 111 Å². The molecule has 1 aliphatic rings. The summed E-state index contributed by atoms with van der Waals surface area (Å²) in [5.74, 6) is 0.544. The van der Waals surface area contributed by atoms with E-state index in [-0.39, 0.29) is 10.9 Å². The van der Waals surface area contributed by atoms with E-state index < -0.39 is 10.0 Å². The van der Waals surface area contributed by atoms with Crippen molar-refractivity contribution in [3.05, 3.63) is 36.5 Å². The summed E-state index contributed by atoms with van der Waals surface area (Å²) in [5.41, 5.74) is 2.75. The number of nitrogens with one attached hydrogen (secondary N) is 1. The SMILES string of the molecule is CSn1cc(S(=O)(=O)N2CCC(Nc3ncc(C)c(-c4cnn(C)c4)n3)CC2)cn1. The van der Waals surface area contributed by atoms with Crippen molar-refractivity contribution in [2.75, 3.05) is 24.7 Å². The molecular weight excluding hydrogens is 424 g/mol. The van der Waals surface area contributed by atoms with Gasteiger partial charge in [0, 0.05) is 50.4 Å². The van der Waals surface area contributed by atoms with E-state index in [0.717, 1.165) is 16.8 Å². The largest absolute Gasteiger partial charge is 0.351 e. The van der Waals surface area contributed by atoms with Gasteiger partial charge in [0.1, 0.15) is 4.90 Å². The smallest absolute Gasteiger partial charge is 0.246 e. The van der Waals surface area contributed by atoms with Gasteiger partial charge >= 0.3 is 0 Å². The molecule has 0 saturated carbocycles. The summed E-state index contributed by atoms with van der Waals surface area (Å²) >= 11 is 1.35. The Labute approximate surface area is 179 Å². The normalized spacial score (nSPS) is 16.1. The zero-order chi connectivity index (χ0) is 21.3. The van der Waals surface area contributed by atoms with Crippen LogP contribution in [0.5, 0.6) is 0 Å². The van der Waals surface area contributed by atoms with E-state index in [1.54, 1.807) is 23.3 Å². The van der Waals surface area contributed by atoms with Gasteiger partial charge in [-0.2, -0.15) is 14.5 Å². The van der Waals surface area contributed by atoms with Gasteiger partial charge in [-0.3, -0.25) is 4.68 Å². The van der Waals surface area contributed by atoms with Crippen molar-refractivity contribution in [3.63, 3.8) is 0 Å². The van der Waals surface area contributed by atoms with Gasteiger partial charge in [0.25, 0.3) is 0 Å². The molecule has 12 heteroatoms. The van der Waals surface area contributed by atoms with Crippen LogP contribution in [0.3, 0.4) is 0 Å². The first-order valence-electron chi connectivity index (χ1n) is 9.55. The Balaban J connectivity index is 1.41. The highest BCUT2D eigenvalue weighted by molar-refractivity contribution is 7.97. The average Bonchev–Trinajstić information content (AvgIpc) is 3.39. The van der Waals surface area contributed by atoms with Crippen molar-refractivity contribution in [1.29, 1.82) is 0 Å². The molecule has 0 unspecified atom stereocenters. The zero-order valence-corrected chi connectivity index (χ0v) is 18.7. The molecule has 30 heavy (non-hydrogen) atoms. The fraction of sp³-hybridized carbons (Fsp3) is 0.444. The number of nitrogens with zero attached hydrogens (tertiary/aromatic N) is 7. The number of hydrogen-bond donors (Lipinski definition) is 1. The predicted molar refractivity (Wildman–Crippen MR) is 116 cm³/mol. The zero-order valence-electron chi connectivity index (χ0n) is 17.1. The van der Waals surface area contributed by atoms with Gasteiger partial charge < -0.3 is 5.32 Å². The maximum atomic E-state index is 12.8. The van der Waals surface area contributed by atoms with Crippen molar-refractivity contribution in [2.24, 2.45) is 7.05 Å². The van der Waals surface area contributed by atoms with Crippen LogP contribution in [0.15, 0.2) is 35.9 Å². The Hall–Kier alpha value is -2.44. The Morgan fingerprint density at radius 3 is 2.53 bits per heavy atom. The van der Waals surface area contributed by atoms with E-state index in [4.69, 9.17) is 0 Å². The second-order valence-electron chi connectivity index (χ2n) is 7.21. The number of rotatable bonds is 6. The first-order valence-corrected chi connectivity index (χ1v) is 12.2. The van der Waals surface area contributed by atoms with Crippen molar-refractivity contribution in [2.45, 2.75) is 30.7 Å². The van der Waals surface area contributed by atoms with Crippen LogP contribution in [-0.2, 0) is 17.1 Å². The third kappa shape index (κ3) is 4.20. The Bertz CT molecular complexity index is 1130. The molecular formula is C18H24N8O2S2. The molecule has 1 N–H and O–H groups in total. The Morgan fingerprint density at radius 1 is 1.13 bits per heavy atom. The third-order valence-electron chi connectivity index (χ3n) is 5.10. The van der Waals surface area contributed by atoms with Gasteiger partial charge in [-0.1, -0.05) is 0 Å². The standard InChI is InChI=1S/C18H24N8O2S2/c1-13-8-19-18(23-17(13)14-9-20-24(2)11-14)22-15-4-6-25(7-5-15)30(27,28)16-10-21-26(12-16)29-3/h8-12,15H,4-7H2,1-3H3,(H,19,22,23). The lowest BCUT2D eigenvalue weighted by atomic mass is 10.1. The van der Waals surface area contributed by atoms with Crippen LogP contribution in [0.25, 0.3) is 11.3 Å². The van der Waals surface area contributed by atoms with Crippen molar-refractivity contribution in [1.82, 2.24) is 33.2 Å². The minimum Gasteiger partial charge on any atom is -0.351 e. The van der Waals surface area contributed by atoms with E-state index in [0.29, 0.717) is 31.9 Å². The lowest BCUT2D eigenvalue weighted by molar-refractivity contribution is 0.329. The summed E-state index contributed by atoms with van der Waals surface area (Å²) < 4.78 is 30.5. The first-order chi connectivity index (χ1) is 14.4. The summed E-state index contributed by atoms with van der Waals surface area (Å²) in [5, 5.41) is 11.6. The Kier molecular flexibility index (Phi) is 5.80. The third-order valence-corrected chi connectivity index (χ3v) is 7.52. The van der Waals surface area contributed by atoms with E-state index in [1.165, 1.54) is 26.5 Å². The molecule has 0 atom stereocenters. The molecule has 0 amide bonds. The second kappa shape index (κ2) is 8.36. The fourth-order valence-electron chi connectivity index (χ4n) is 3.44. The molecule has 1 aliphatic heterocycles. The highest BCUT2D eigenvalue weighted by Gasteiger charge is 2.30. The van der Waals surface area contributed by atoms with Crippen LogP contribution in [0.1, 0.15) is 18.4 Å². The van der Waals surface area contributed by atoms with Crippen molar-refractivity contribution >= 4 is 27.9 Å². The molecule has 160 valence electrons. The molecule has 0 aromatic carbocycles. The van der Waals surface area contributed by atoms with Crippen LogP contribution in [0, 0.1) is 6.92 Å². The van der Waals surface area contributed by atoms with E-state index >= 15 is 0 Å². The number of aromatic nitrogens is 6. The lowest BCUT2D eigenvalue weighted by Crippen LogP contribution is -2.42. The van der Waals surface area contributed by atoms with Gasteiger partial charge in [-0.05, 0) is 37.3 Å². The maximum Gasteiger partial charge on any atom is 0.246 e. The minimum absolute atomic E-state index is 0.106. The number of anilines is 1. The molecule has 0 bridgehead atoms. The highest BCUT2D eigenvalue weighted by Crippen LogP contribution is 2.24. The molecule has 0 radical (unpaired) electrons. The molecule has 4 rings (SSSR count). The number of aryl methyl sites for hydroxylation is 2. The molecule has 4 heterocycles. The number of piperidine rings is 1. The first kappa shape index (κ1) is 20.8. The van der Waals surface area contributed by atoms with Crippen LogP contribution < -0.4 is 5.32 Å². The minimum atomic E-state index is -3.53. The average molecular weight is 449 g/mol. The lowest BCUT2D eigenvalue weighted by Gasteiger charge is -2.31. The monoisotopic (exact) mass is 448 g/mol. The van der Waals surface area contributed by atoms with Gasteiger partial charge in [0.15, 0.2) is 0 Å². The van der Waals surface area contributed by atoms with Crippen LogP contribution in [0.4, 0.5) is 5.95 Å². The van der Waals surface area contributed by atoms with Crippen molar-refractivity contribution < 1.29 is 8.42 Å².